The van der Waals surface area contributed by atoms with Gasteiger partial charge in [0.05, 0.1) is 17.3 Å². The van der Waals surface area contributed by atoms with Crippen LogP contribution in [0.1, 0.15) is 21.6 Å². The van der Waals surface area contributed by atoms with Crippen LogP contribution in [0.4, 0.5) is 5.69 Å². The average Bonchev–Trinajstić information content (AvgIpc) is 2.69. The molecular formula is C20H17Cl2N3O3S. The van der Waals surface area contributed by atoms with Gasteiger partial charge in [-0.1, -0.05) is 29.3 Å². The Bertz CT molecular complexity index is 1150. The number of amides is 1. The van der Waals surface area contributed by atoms with E-state index in [9.17, 15) is 13.2 Å². The quantitative estimate of drug-likeness (QED) is 0.582. The molecule has 3 aromatic rings. The van der Waals surface area contributed by atoms with E-state index in [1.54, 1.807) is 6.20 Å². The van der Waals surface area contributed by atoms with Crippen LogP contribution in [0.15, 0.2) is 65.7 Å². The van der Waals surface area contributed by atoms with Crippen molar-refractivity contribution in [3.63, 3.8) is 0 Å². The standard InChI is InChI=1S/C20H17Cl2N3O3S/c1-13-3-2-10-23-18(13)12-24-20(26)14-4-7-16(8-5-14)25-29(27,28)19-11-15(21)6-9-17(19)22/h2-11,25H,12H2,1H3,(H,24,26). The molecule has 0 spiro atoms. The molecule has 9 heteroatoms. The number of aromatic nitrogens is 1. The monoisotopic (exact) mass is 449 g/mol. The van der Waals surface area contributed by atoms with Gasteiger partial charge < -0.3 is 5.32 Å². The molecule has 29 heavy (non-hydrogen) atoms. The molecule has 0 bridgehead atoms. The summed E-state index contributed by atoms with van der Waals surface area (Å²) in [5.41, 5.74) is 2.45. The first-order valence-electron chi connectivity index (χ1n) is 8.53. The number of rotatable bonds is 6. The molecule has 0 atom stereocenters. The third-order valence-corrected chi connectivity index (χ3v) is 6.21. The van der Waals surface area contributed by atoms with Crippen LogP contribution in [0.3, 0.4) is 0 Å². The number of nitrogens with zero attached hydrogens (tertiary/aromatic N) is 1. The predicted molar refractivity (Wildman–Crippen MR) is 114 cm³/mol. The third kappa shape index (κ3) is 5.26. The number of carbonyl (C=O) groups excluding carboxylic acids is 1. The molecule has 2 aromatic carbocycles. The lowest BCUT2D eigenvalue weighted by Gasteiger charge is -2.11. The molecule has 0 saturated carbocycles. The number of hydrogen-bond acceptors (Lipinski definition) is 4. The van der Waals surface area contributed by atoms with Gasteiger partial charge in [0, 0.05) is 22.5 Å². The van der Waals surface area contributed by atoms with Crippen molar-refractivity contribution in [2.75, 3.05) is 4.72 Å². The molecule has 0 unspecified atom stereocenters. The molecule has 0 aliphatic carbocycles. The van der Waals surface area contributed by atoms with E-state index >= 15 is 0 Å². The van der Waals surface area contributed by atoms with Crippen LogP contribution in [0.2, 0.25) is 10.0 Å². The summed E-state index contributed by atoms with van der Waals surface area (Å²) < 4.78 is 27.5. The maximum Gasteiger partial charge on any atom is 0.263 e. The first-order chi connectivity index (χ1) is 13.8. The topological polar surface area (TPSA) is 88.2 Å². The molecule has 0 fully saturated rings. The second-order valence-corrected chi connectivity index (χ2v) is 8.70. The van der Waals surface area contributed by atoms with Crippen LogP contribution in [0, 0.1) is 6.92 Å². The van der Waals surface area contributed by atoms with E-state index in [2.05, 4.69) is 15.0 Å². The third-order valence-electron chi connectivity index (χ3n) is 4.12. The number of carbonyl (C=O) groups is 1. The van der Waals surface area contributed by atoms with Crippen molar-refractivity contribution in [1.29, 1.82) is 0 Å². The van der Waals surface area contributed by atoms with Gasteiger partial charge in [0.1, 0.15) is 4.90 Å². The highest BCUT2D eigenvalue weighted by molar-refractivity contribution is 7.92. The molecule has 0 aliphatic heterocycles. The van der Waals surface area contributed by atoms with Crippen LogP contribution < -0.4 is 10.0 Å². The van der Waals surface area contributed by atoms with Crippen LogP contribution in [-0.4, -0.2) is 19.3 Å². The van der Waals surface area contributed by atoms with Gasteiger partial charge in [-0.15, -0.1) is 0 Å². The van der Waals surface area contributed by atoms with E-state index in [0.29, 0.717) is 12.1 Å². The van der Waals surface area contributed by atoms with E-state index in [0.717, 1.165) is 11.3 Å². The summed E-state index contributed by atoms with van der Waals surface area (Å²) in [4.78, 5) is 16.4. The largest absolute Gasteiger partial charge is 0.346 e. The number of halogens is 2. The second kappa shape index (κ2) is 8.82. The Kier molecular flexibility index (Phi) is 6.42. The lowest BCUT2D eigenvalue weighted by atomic mass is 10.2. The van der Waals surface area contributed by atoms with Crippen molar-refractivity contribution in [3.8, 4) is 0 Å². The fraction of sp³-hybridized carbons (Fsp3) is 0.100. The lowest BCUT2D eigenvalue weighted by molar-refractivity contribution is 0.0950. The molecule has 2 N–H and O–H groups in total. The second-order valence-electron chi connectivity index (χ2n) is 6.21. The molecule has 0 aliphatic rings. The highest BCUT2D eigenvalue weighted by Gasteiger charge is 2.19. The lowest BCUT2D eigenvalue weighted by Crippen LogP contribution is -2.23. The highest BCUT2D eigenvalue weighted by Crippen LogP contribution is 2.27. The van der Waals surface area contributed by atoms with Crippen LogP contribution in [-0.2, 0) is 16.6 Å². The smallest absolute Gasteiger partial charge is 0.263 e. The minimum Gasteiger partial charge on any atom is -0.346 e. The van der Waals surface area contributed by atoms with Gasteiger partial charge in [0.15, 0.2) is 0 Å². The van der Waals surface area contributed by atoms with Gasteiger partial charge in [0.25, 0.3) is 15.9 Å². The van der Waals surface area contributed by atoms with Crippen molar-refractivity contribution in [3.05, 3.63) is 87.7 Å². The Labute approximate surface area is 178 Å². The zero-order valence-electron chi connectivity index (χ0n) is 15.3. The first-order valence-corrected chi connectivity index (χ1v) is 10.8. The Morgan fingerprint density at radius 3 is 2.48 bits per heavy atom. The van der Waals surface area contributed by atoms with Crippen molar-refractivity contribution in [1.82, 2.24) is 10.3 Å². The summed E-state index contributed by atoms with van der Waals surface area (Å²) in [5, 5.41) is 3.10. The summed E-state index contributed by atoms with van der Waals surface area (Å²) in [6, 6.07) is 14.0. The Morgan fingerprint density at radius 1 is 1.07 bits per heavy atom. The van der Waals surface area contributed by atoms with Gasteiger partial charge in [-0.2, -0.15) is 0 Å². The number of nitrogens with one attached hydrogen (secondary N) is 2. The van der Waals surface area contributed by atoms with Gasteiger partial charge in [-0.25, -0.2) is 8.42 Å². The maximum absolute atomic E-state index is 12.5. The fourth-order valence-electron chi connectivity index (χ4n) is 2.55. The number of pyridine rings is 1. The molecule has 0 saturated heterocycles. The van der Waals surface area contributed by atoms with E-state index in [4.69, 9.17) is 23.2 Å². The van der Waals surface area contributed by atoms with Crippen LogP contribution in [0.25, 0.3) is 0 Å². The summed E-state index contributed by atoms with van der Waals surface area (Å²) in [5.74, 6) is -0.289. The maximum atomic E-state index is 12.5. The minimum atomic E-state index is -3.93. The molecule has 0 radical (unpaired) electrons. The summed E-state index contributed by atoms with van der Waals surface area (Å²) >= 11 is 11.8. The first kappa shape index (κ1) is 21.1. The molecule has 1 heterocycles. The SMILES string of the molecule is Cc1cccnc1CNC(=O)c1ccc(NS(=O)(=O)c2cc(Cl)ccc2Cl)cc1. The number of benzene rings is 2. The molecule has 150 valence electrons. The number of hydrogen-bond donors (Lipinski definition) is 2. The highest BCUT2D eigenvalue weighted by atomic mass is 35.5. The van der Waals surface area contributed by atoms with E-state index in [1.807, 2.05) is 19.1 Å². The van der Waals surface area contributed by atoms with Gasteiger partial charge in [0.2, 0.25) is 0 Å². The van der Waals surface area contributed by atoms with Crippen molar-refractivity contribution in [2.45, 2.75) is 18.4 Å². The summed E-state index contributed by atoms with van der Waals surface area (Å²) in [6.07, 6.45) is 1.67. The van der Waals surface area contributed by atoms with Gasteiger partial charge in [-0.3, -0.25) is 14.5 Å². The molecule has 1 amide bonds. The Balaban J connectivity index is 1.69. The van der Waals surface area contributed by atoms with Crippen molar-refractivity contribution in [2.24, 2.45) is 0 Å². The molecule has 3 rings (SSSR count). The average molecular weight is 450 g/mol. The number of aryl methyl sites for hydroxylation is 1. The molecule has 1 aromatic heterocycles. The molecular weight excluding hydrogens is 433 g/mol. The van der Waals surface area contributed by atoms with Gasteiger partial charge in [-0.05, 0) is 61.0 Å². The van der Waals surface area contributed by atoms with Crippen LogP contribution in [0.5, 0.6) is 0 Å². The summed E-state index contributed by atoms with van der Waals surface area (Å²) in [6.45, 7) is 2.22. The zero-order chi connectivity index (χ0) is 21.0. The summed E-state index contributed by atoms with van der Waals surface area (Å²) in [7, 11) is -3.93. The van der Waals surface area contributed by atoms with Crippen molar-refractivity contribution < 1.29 is 13.2 Å². The molecule has 6 nitrogen and oxygen atoms in total. The Morgan fingerprint density at radius 2 is 1.79 bits per heavy atom. The fourth-order valence-corrected chi connectivity index (χ4v) is 4.37. The van der Waals surface area contributed by atoms with Gasteiger partial charge >= 0.3 is 0 Å². The number of anilines is 1. The zero-order valence-corrected chi connectivity index (χ0v) is 17.6. The predicted octanol–water partition coefficient (Wildman–Crippen LogP) is 4.43. The number of sulfonamides is 1. The van der Waals surface area contributed by atoms with Crippen LogP contribution >= 0.6 is 23.2 Å². The van der Waals surface area contributed by atoms with E-state index in [1.165, 1.54) is 42.5 Å². The minimum absolute atomic E-state index is 0.0581. The normalized spacial score (nSPS) is 11.1. The Hall–Kier alpha value is -2.61. The van der Waals surface area contributed by atoms with Crippen molar-refractivity contribution >= 4 is 44.8 Å². The van der Waals surface area contributed by atoms with E-state index in [-0.39, 0.29) is 26.5 Å². The van der Waals surface area contributed by atoms with E-state index < -0.39 is 10.0 Å².